The Morgan fingerprint density at radius 2 is 1.54 bits per heavy atom. The Morgan fingerprint density at radius 1 is 0.786 bits per heavy atom. The third kappa shape index (κ3) is 4.36. The Bertz CT molecular complexity index is 985. The summed E-state index contributed by atoms with van der Waals surface area (Å²) < 4.78 is 42.4. The molecule has 0 aromatic heterocycles. The SMILES string of the molecule is CCCc1ccc(-c2ccc(C=Cc3ccc(CC)c(F)c3F)cc2)c(F)c1. The van der Waals surface area contributed by atoms with E-state index < -0.39 is 11.6 Å². The Labute approximate surface area is 164 Å². The molecule has 28 heavy (non-hydrogen) atoms. The fraction of sp³-hybridized carbons (Fsp3) is 0.200. The van der Waals surface area contributed by atoms with Crippen LogP contribution in [0, 0.1) is 17.5 Å². The van der Waals surface area contributed by atoms with Gasteiger partial charge in [0.1, 0.15) is 5.82 Å². The maximum Gasteiger partial charge on any atom is 0.166 e. The van der Waals surface area contributed by atoms with Gasteiger partial charge in [0.25, 0.3) is 0 Å². The van der Waals surface area contributed by atoms with Gasteiger partial charge in [0.05, 0.1) is 0 Å². The van der Waals surface area contributed by atoms with Crippen LogP contribution in [0.2, 0.25) is 0 Å². The number of rotatable bonds is 6. The lowest BCUT2D eigenvalue weighted by Crippen LogP contribution is -1.95. The van der Waals surface area contributed by atoms with E-state index in [4.69, 9.17) is 0 Å². The van der Waals surface area contributed by atoms with Gasteiger partial charge in [-0.25, -0.2) is 13.2 Å². The van der Waals surface area contributed by atoms with E-state index in [0.717, 1.165) is 29.5 Å². The quantitative estimate of drug-likeness (QED) is 0.389. The Kier molecular flexibility index (Phi) is 6.35. The van der Waals surface area contributed by atoms with Crippen LogP contribution in [-0.4, -0.2) is 0 Å². The number of hydrogen-bond acceptors (Lipinski definition) is 0. The lowest BCUT2D eigenvalue weighted by Gasteiger charge is -2.07. The predicted octanol–water partition coefficient (Wildman–Crippen LogP) is 7.46. The molecule has 0 aliphatic heterocycles. The van der Waals surface area contributed by atoms with E-state index in [2.05, 4.69) is 6.92 Å². The van der Waals surface area contributed by atoms with Gasteiger partial charge < -0.3 is 0 Å². The van der Waals surface area contributed by atoms with E-state index >= 15 is 0 Å². The summed E-state index contributed by atoms with van der Waals surface area (Å²) in [5, 5.41) is 0. The highest BCUT2D eigenvalue weighted by molar-refractivity contribution is 5.72. The van der Waals surface area contributed by atoms with Crippen LogP contribution >= 0.6 is 0 Å². The van der Waals surface area contributed by atoms with E-state index in [1.54, 1.807) is 43.3 Å². The van der Waals surface area contributed by atoms with Crippen molar-refractivity contribution in [3.05, 3.63) is 94.3 Å². The molecule has 0 bridgehead atoms. The van der Waals surface area contributed by atoms with Gasteiger partial charge in [-0.3, -0.25) is 0 Å². The second-order valence-corrected chi connectivity index (χ2v) is 6.81. The summed E-state index contributed by atoms with van der Waals surface area (Å²) in [7, 11) is 0. The lowest BCUT2D eigenvalue weighted by atomic mass is 10.00. The van der Waals surface area contributed by atoms with E-state index in [1.165, 1.54) is 0 Å². The van der Waals surface area contributed by atoms with Crippen molar-refractivity contribution in [1.82, 2.24) is 0 Å². The van der Waals surface area contributed by atoms with Crippen LogP contribution in [0.25, 0.3) is 23.3 Å². The first kappa shape index (κ1) is 19.9. The van der Waals surface area contributed by atoms with Crippen molar-refractivity contribution >= 4 is 12.2 Å². The van der Waals surface area contributed by atoms with Gasteiger partial charge >= 0.3 is 0 Å². The third-order valence-corrected chi connectivity index (χ3v) is 4.82. The molecule has 0 radical (unpaired) electrons. The molecule has 0 atom stereocenters. The smallest absolute Gasteiger partial charge is 0.166 e. The van der Waals surface area contributed by atoms with Gasteiger partial charge in [0.15, 0.2) is 11.6 Å². The van der Waals surface area contributed by atoms with E-state index in [9.17, 15) is 13.2 Å². The van der Waals surface area contributed by atoms with Crippen molar-refractivity contribution in [2.75, 3.05) is 0 Å². The van der Waals surface area contributed by atoms with Crippen LogP contribution in [-0.2, 0) is 12.8 Å². The molecular weight excluding hydrogens is 357 g/mol. The topological polar surface area (TPSA) is 0 Å². The highest BCUT2D eigenvalue weighted by atomic mass is 19.2. The van der Waals surface area contributed by atoms with Crippen molar-refractivity contribution in [3.8, 4) is 11.1 Å². The normalized spacial score (nSPS) is 11.3. The first-order chi connectivity index (χ1) is 13.5. The van der Waals surface area contributed by atoms with Crippen LogP contribution in [0.15, 0.2) is 54.6 Å². The lowest BCUT2D eigenvalue weighted by molar-refractivity contribution is 0.498. The minimum absolute atomic E-state index is 0.205. The summed E-state index contributed by atoms with van der Waals surface area (Å²) in [5.74, 6) is -1.86. The van der Waals surface area contributed by atoms with Gasteiger partial charge in [-0.1, -0.05) is 81.0 Å². The minimum Gasteiger partial charge on any atom is -0.206 e. The summed E-state index contributed by atoms with van der Waals surface area (Å²) in [4.78, 5) is 0. The average molecular weight is 380 g/mol. The fourth-order valence-corrected chi connectivity index (χ4v) is 3.20. The molecular formula is C25H23F3. The molecule has 0 heterocycles. The van der Waals surface area contributed by atoms with Crippen LogP contribution in [0.4, 0.5) is 13.2 Å². The second-order valence-electron chi connectivity index (χ2n) is 6.81. The zero-order valence-electron chi connectivity index (χ0n) is 16.1. The largest absolute Gasteiger partial charge is 0.206 e. The molecule has 0 fully saturated rings. The molecule has 0 saturated carbocycles. The minimum atomic E-state index is -0.832. The molecule has 0 unspecified atom stereocenters. The molecule has 0 N–H and O–H groups in total. The first-order valence-corrected chi connectivity index (χ1v) is 9.57. The van der Waals surface area contributed by atoms with Crippen molar-refractivity contribution < 1.29 is 13.2 Å². The molecule has 3 aromatic carbocycles. The van der Waals surface area contributed by atoms with Gasteiger partial charge in [-0.05, 0) is 41.2 Å². The Balaban J connectivity index is 1.80. The number of benzene rings is 3. The number of halogens is 3. The van der Waals surface area contributed by atoms with Crippen LogP contribution < -0.4 is 0 Å². The molecule has 0 nitrogen and oxygen atoms in total. The van der Waals surface area contributed by atoms with Crippen LogP contribution in [0.1, 0.15) is 42.5 Å². The summed E-state index contributed by atoms with van der Waals surface area (Å²) >= 11 is 0. The van der Waals surface area contributed by atoms with Gasteiger partial charge in [-0.2, -0.15) is 0 Å². The summed E-state index contributed by atoms with van der Waals surface area (Å²) in [6.07, 6.45) is 5.55. The molecule has 3 aromatic rings. The molecule has 0 amide bonds. The molecule has 0 saturated heterocycles. The fourth-order valence-electron chi connectivity index (χ4n) is 3.20. The van der Waals surface area contributed by atoms with Crippen molar-refractivity contribution in [1.29, 1.82) is 0 Å². The molecule has 0 aliphatic rings. The zero-order chi connectivity index (χ0) is 20.1. The Morgan fingerprint density at radius 3 is 2.18 bits per heavy atom. The summed E-state index contributed by atoms with van der Waals surface area (Å²) in [6.45, 7) is 3.85. The average Bonchev–Trinajstić information content (AvgIpc) is 2.70. The van der Waals surface area contributed by atoms with Gasteiger partial charge in [0, 0.05) is 11.1 Å². The Hall–Kier alpha value is -2.81. The summed E-state index contributed by atoms with van der Waals surface area (Å²) in [5.41, 5.74) is 3.72. The molecule has 3 heteroatoms. The third-order valence-electron chi connectivity index (χ3n) is 4.82. The second kappa shape index (κ2) is 8.92. The van der Waals surface area contributed by atoms with E-state index in [-0.39, 0.29) is 11.4 Å². The maximum atomic E-state index is 14.4. The van der Waals surface area contributed by atoms with E-state index in [1.807, 2.05) is 30.3 Å². The highest BCUT2D eigenvalue weighted by Crippen LogP contribution is 2.25. The van der Waals surface area contributed by atoms with E-state index in [0.29, 0.717) is 17.5 Å². The van der Waals surface area contributed by atoms with Gasteiger partial charge in [-0.15, -0.1) is 0 Å². The van der Waals surface area contributed by atoms with Crippen molar-refractivity contribution in [2.24, 2.45) is 0 Å². The van der Waals surface area contributed by atoms with Gasteiger partial charge in [0.2, 0.25) is 0 Å². The highest BCUT2D eigenvalue weighted by Gasteiger charge is 2.10. The molecule has 0 spiro atoms. The van der Waals surface area contributed by atoms with Crippen LogP contribution in [0.3, 0.4) is 0 Å². The molecule has 0 aliphatic carbocycles. The number of aryl methyl sites for hydroxylation is 2. The van der Waals surface area contributed by atoms with Crippen molar-refractivity contribution in [2.45, 2.75) is 33.1 Å². The first-order valence-electron chi connectivity index (χ1n) is 9.57. The standard InChI is InChI=1S/C25H23F3/c1-3-5-18-9-15-22(23(26)16-18)20-10-6-17(7-11-20)8-12-21-14-13-19(4-2)24(27)25(21)28/h6-16H,3-5H2,1-2H3. The summed E-state index contributed by atoms with van der Waals surface area (Å²) in [6, 6.07) is 15.8. The molecule has 3 rings (SSSR count). The van der Waals surface area contributed by atoms with Crippen molar-refractivity contribution in [3.63, 3.8) is 0 Å². The monoisotopic (exact) mass is 380 g/mol. The van der Waals surface area contributed by atoms with Crippen LogP contribution in [0.5, 0.6) is 0 Å². The zero-order valence-corrected chi connectivity index (χ0v) is 16.1. The number of hydrogen-bond donors (Lipinski definition) is 0. The maximum absolute atomic E-state index is 14.4. The molecule has 144 valence electrons. The predicted molar refractivity (Wildman–Crippen MR) is 110 cm³/mol.